The fourth-order valence-electron chi connectivity index (χ4n) is 12.2. The van der Waals surface area contributed by atoms with E-state index in [1.54, 1.807) is 64.2 Å². The predicted molar refractivity (Wildman–Crippen MR) is 265 cm³/mol. The Morgan fingerprint density at radius 2 is 0.707 bits per heavy atom. The third-order valence-corrected chi connectivity index (χ3v) is 16.3. The lowest BCUT2D eigenvalue weighted by molar-refractivity contribution is 0.122. The van der Waals surface area contributed by atoms with Crippen LogP contribution in [0.2, 0.25) is 0 Å². The maximum atomic E-state index is 2.68. The van der Waals surface area contributed by atoms with Gasteiger partial charge in [-0.1, -0.05) is 304 Å². The third kappa shape index (κ3) is 30.1. The minimum Gasteiger partial charge on any atom is -0.0654 e. The molecule has 0 saturated heterocycles. The SMILES string of the molecule is CCCCCCCCCCCCCCCCCCCC1CCC(CCC(CCCCCCCCC)CCCCCCCCC)CC1CC(C)CC1CCC(CC)CC1. The van der Waals surface area contributed by atoms with Crippen molar-refractivity contribution >= 4 is 0 Å². The Morgan fingerprint density at radius 1 is 0.328 bits per heavy atom. The highest BCUT2D eigenvalue weighted by Crippen LogP contribution is 2.44. The van der Waals surface area contributed by atoms with Gasteiger partial charge in [0, 0.05) is 0 Å². The Bertz CT molecular complexity index is 787. The molecule has 0 heteroatoms. The van der Waals surface area contributed by atoms with E-state index in [0.717, 1.165) is 41.4 Å². The summed E-state index contributed by atoms with van der Waals surface area (Å²) in [5, 5.41) is 0. The fraction of sp³-hybridized carbons (Fsp3) is 1.00. The molecule has 4 unspecified atom stereocenters. The van der Waals surface area contributed by atoms with Crippen LogP contribution in [0.3, 0.4) is 0 Å². The van der Waals surface area contributed by atoms with E-state index in [4.69, 9.17) is 0 Å². The maximum Gasteiger partial charge on any atom is -0.0381 e. The summed E-state index contributed by atoms with van der Waals surface area (Å²) in [4.78, 5) is 0. The molecule has 0 amide bonds. The monoisotopic (exact) mass is 811 g/mol. The average molecular weight is 812 g/mol. The molecule has 2 saturated carbocycles. The minimum absolute atomic E-state index is 0.951. The van der Waals surface area contributed by atoms with E-state index in [1.807, 2.05) is 0 Å². The molecule has 2 rings (SSSR count). The van der Waals surface area contributed by atoms with Gasteiger partial charge in [-0.05, 0) is 67.1 Å². The lowest BCUT2D eigenvalue weighted by Crippen LogP contribution is -2.28. The van der Waals surface area contributed by atoms with Crippen molar-refractivity contribution in [3.8, 4) is 0 Å². The summed E-state index contributed by atoms with van der Waals surface area (Å²) in [6.07, 6.45) is 69.0. The highest BCUT2D eigenvalue weighted by Gasteiger charge is 2.32. The minimum atomic E-state index is 0.951. The van der Waals surface area contributed by atoms with Crippen molar-refractivity contribution in [2.45, 2.75) is 330 Å². The first-order valence-corrected chi connectivity index (χ1v) is 28.6. The smallest absolute Gasteiger partial charge is 0.0381 e. The van der Waals surface area contributed by atoms with Gasteiger partial charge in [0.05, 0.1) is 0 Å². The summed E-state index contributed by atoms with van der Waals surface area (Å²) in [7, 11) is 0. The van der Waals surface area contributed by atoms with Gasteiger partial charge in [-0.25, -0.2) is 0 Å². The number of hydrogen-bond acceptors (Lipinski definition) is 0. The zero-order valence-corrected chi connectivity index (χ0v) is 41.6. The highest BCUT2D eigenvalue weighted by atomic mass is 14.4. The molecule has 2 fully saturated rings. The summed E-state index contributed by atoms with van der Waals surface area (Å²) in [5.41, 5.74) is 0. The molecule has 2 aliphatic carbocycles. The van der Waals surface area contributed by atoms with E-state index in [1.165, 1.54) is 231 Å². The quantitative estimate of drug-likeness (QED) is 0.0539. The zero-order valence-electron chi connectivity index (χ0n) is 41.6. The van der Waals surface area contributed by atoms with Crippen LogP contribution in [0.15, 0.2) is 0 Å². The second kappa shape index (κ2) is 39.8. The van der Waals surface area contributed by atoms with E-state index >= 15 is 0 Å². The summed E-state index contributed by atoms with van der Waals surface area (Å²) in [6, 6.07) is 0. The van der Waals surface area contributed by atoms with E-state index in [2.05, 4.69) is 34.6 Å². The Kier molecular flexibility index (Phi) is 37.2. The van der Waals surface area contributed by atoms with Gasteiger partial charge in [-0.15, -0.1) is 0 Å². The van der Waals surface area contributed by atoms with E-state index < -0.39 is 0 Å². The second-order valence-electron chi connectivity index (χ2n) is 21.8. The van der Waals surface area contributed by atoms with Gasteiger partial charge in [0.1, 0.15) is 0 Å². The molecule has 0 aromatic rings. The number of unbranched alkanes of at least 4 members (excludes halogenated alkanes) is 28. The lowest BCUT2D eigenvalue weighted by Gasteiger charge is -2.39. The van der Waals surface area contributed by atoms with Crippen molar-refractivity contribution in [1.82, 2.24) is 0 Å². The van der Waals surface area contributed by atoms with E-state index in [0.29, 0.717) is 0 Å². The van der Waals surface area contributed by atoms with Gasteiger partial charge < -0.3 is 0 Å². The number of rotatable bonds is 42. The van der Waals surface area contributed by atoms with Gasteiger partial charge in [0.25, 0.3) is 0 Å². The number of hydrogen-bond donors (Lipinski definition) is 0. The van der Waals surface area contributed by atoms with Crippen LogP contribution in [-0.2, 0) is 0 Å². The topological polar surface area (TPSA) is 0 Å². The third-order valence-electron chi connectivity index (χ3n) is 16.3. The molecule has 0 aromatic carbocycles. The molecule has 4 atom stereocenters. The summed E-state index contributed by atoms with van der Waals surface area (Å²) in [6.45, 7) is 12.1. The molecule has 346 valence electrons. The van der Waals surface area contributed by atoms with Gasteiger partial charge in [0.2, 0.25) is 0 Å². The normalized spacial score (nSPS) is 21.9. The molecule has 2 aliphatic rings. The van der Waals surface area contributed by atoms with Crippen molar-refractivity contribution in [1.29, 1.82) is 0 Å². The van der Waals surface area contributed by atoms with E-state index in [9.17, 15) is 0 Å². The molecular formula is C58H114. The van der Waals surface area contributed by atoms with Crippen molar-refractivity contribution in [2.24, 2.45) is 41.4 Å². The highest BCUT2D eigenvalue weighted by molar-refractivity contribution is 4.83. The Morgan fingerprint density at radius 3 is 1.14 bits per heavy atom. The van der Waals surface area contributed by atoms with Crippen LogP contribution in [0.5, 0.6) is 0 Å². The summed E-state index contributed by atoms with van der Waals surface area (Å²) in [5.74, 6) is 7.17. The van der Waals surface area contributed by atoms with Crippen LogP contribution >= 0.6 is 0 Å². The fourth-order valence-corrected chi connectivity index (χ4v) is 12.2. The lowest BCUT2D eigenvalue weighted by atomic mass is 9.67. The standard InChI is InChI=1S/C58H114/c1-6-10-13-16-19-20-21-22-23-24-25-26-27-28-31-34-37-40-57-48-47-56(51-58(57)50-52(5)49-55-44-41-53(9-4)42-45-55)46-43-54(38-35-32-29-17-14-11-7-2)39-36-33-30-18-15-12-8-3/h52-58H,6-51H2,1-5H3. The molecule has 0 spiro atoms. The molecule has 0 bridgehead atoms. The molecule has 58 heavy (non-hydrogen) atoms. The Balaban J connectivity index is 1.76. The first kappa shape index (κ1) is 54.1. The first-order chi connectivity index (χ1) is 28.6. The molecular weight excluding hydrogens is 697 g/mol. The van der Waals surface area contributed by atoms with Crippen LogP contribution < -0.4 is 0 Å². The maximum absolute atomic E-state index is 2.68. The van der Waals surface area contributed by atoms with Crippen molar-refractivity contribution in [3.05, 3.63) is 0 Å². The van der Waals surface area contributed by atoms with Crippen LogP contribution in [-0.4, -0.2) is 0 Å². The van der Waals surface area contributed by atoms with Crippen molar-refractivity contribution < 1.29 is 0 Å². The molecule has 0 N–H and O–H groups in total. The van der Waals surface area contributed by atoms with Crippen molar-refractivity contribution in [3.63, 3.8) is 0 Å². The molecule has 0 nitrogen and oxygen atoms in total. The molecule has 0 aliphatic heterocycles. The van der Waals surface area contributed by atoms with Gasteiger partial charge in [0.15, 0.2) is 0 Å². The summed E-state index contributed by atoms with van der Waals surface area (Å²) >= 11 is 0. The molecule has 0 radical (unpaired) electrons. The van der Waals surface area contributed by atoms with Gasteiger partial charge in [-0.3, -0.25) is 0 Å². The van der Waals surface area contributed by atoms with Gasteiger partial charge >= 0.3 is 0 Å². The second-order valence-corrected chi connectivity index (χ2v) is 21.8. The molecule has 0 heterocycles. The van der Waals surface area contributed by atoms with Gasteiger partial charge in [-0.2, -0.15) is 0 Å². The Hall–Kier alpha value is 0. The predicted octanol–water partition coefficient (Wildman–Crippen LogP) is 21.4. The zero-order chi connectivity index (χ0) is 41.6. The van der Waals surface area contributed by atoms with Crippen molar-refractivity contribution in [2.75, 3.05) is 0 Å². The first-order valence-electron chi connectivity index (χ1n) is 28.6. The largest absolute Gasteiger partial charge is 0.0654 e. The van der Waals surface area contributed by atoms with Crippen LogP contribution in [0.1, 0.15) is 330 Å². The van der Waals surface area contributed by atoms with Crippen LogP contribution in [0.25, 0.3) is 0 Å². The summed E-state index contributed by atoms with van der Waals surface area (Å²) < 4.78 is 0. The Labute approximate surface area is 370 Å². The molecule has 0 aromatic heterocycles. The van der Waals surface area contributed by atoms with Crippen LogP contribution in [0, 0.1) is 41.4 Å². The average Bonchev–Trinajstić information content (AvgIpc) is 3.23. The van der Waals surface area contributed by atoms with E-state index in [-0.39, 0.29) is 0 Å². The van der Waals surface area contributed by atoms with Crippen LogP contribution in [0.4, 0.5) is 0 Å².